The van der Waals surface area contributed by atoms with Crippen LogP contribution >= 0.6 is 11.8 Å². The van der Waals surface area contributed by atoms with Crippen LogP contribution in [0.25, 0.3) is 0 Å². The van der Waals surface area contributed by atoms with Crippen molar-refractivity contribution in [2.75, 3.05) is 25.1 Å². The highest BCUT2D eigenvalue weighted by Gasteiger charge is 2.28. The van der Waals surface area contributed by atoms with Gasteiger partial charge in [-0.15, -0.1) is 0 Å². The number of likely N-dealkylation sites (tertiary alicyclic amines) is 1. The minimum atomic E-state index is -0.367. The third-order valence-electron chi connectivity index (χ3n) is 5.45. The third kappa shape index (κ3) is 7.21. The lowest BCUT2D eigenvalue weighted by Crippen LogP contribution is -2.50. The smallest absolute Gasteiger partial charge is 0.245 e. The summed E-state index contributed by atoms with van der Waals surface area (Å²) in [6.45, 7) is 5.57. The predicted octanol–water partition coefficient (Wildman–Crippen LogP) is 3.81. The molecule has 0 aliphatic carbocycles. The number of carbonyl (C=O) groups excluding carboxylic acids is 2. The van der Waals surface area contributed by atoms with Crippen molar-refractivity contribution >= 4 is 23.6 Å². The van der Waals surface area contributed by atoms with Crippen molar-refractivity contribution in [3.05, 3.63) is 35.4 Å². The zero-order chi connectivity index (χ0) is 19.6. The number of carbonyl (C=O) groups is 2. The van der Waals surface area contributed by atoms with Gasteiger partial charge in [-0.1, -0.05) is 36.8 Å². The van der Waals surface area contributed by atoms with Gasteiger partial charge in [0.2, 0.25) is 11.8 Å². The number of amides is 2. The van der Waals surface area contributed by atoms with Gasteiger partial charge in [-0.05, 0) is 62.5 Å². The second kappa shape index (κ2) is 11.4. The maximum atomic E-state index is 12.9. The summed E-state index contributed by atoms with van der Waals surface area (Å²) >= 11 is 1.71. The number of nitrogens with one attached hydrogen (secondary N) is 1. The van der Waals surface area contributed by atoms with Crippen molar-refractivity contribution in [3.63, 3.8) is 0 Å². The van der Waals surface area contributed by atoms with E-state index in [2.05, 4.69) is 36.5 Å². The Balaban J connectivity index is 1.80. The number of benzene rings is 1. The van der Waals surface area contributed by atoms with Gasteiger partial charge in [0.25, 0.3) is 0 Å². The molecule has 1 unspecified atom stereocenters. The van der Waals surface area contributed by atoms with Crippen LogP contribution in [0.5, 0.6) is 0 Å². The molecular weight excluding hydrogens is 356 g/mol. The number of hydrogen-bond acceptors (Lipinski definition) is 3. The van der Waals surface area contributed by atoms with Crippen molar-refractivity contribution in [1.82, 2.24) is 10.2 Å². The van der Waals surface area contributed by atoms with E-state index in [4.69, 9.17) is 0 Å². The average Bonchev–Trinajstić information content (AvgIpc) is 2.70. The summed E-state index contributed by atoms with van der Waals surface area (Å²) in [7, 11) is 0. The van der Waals surface area contributed by atoms with Gasteiger partial charge in [0.1, 0.15) is 6.04 Å². The van der Waals surface area contributed by atoms with Crippen LogP contribution < -0.4 is 5.32 Å². The van der Waals surface area contributed by atoms with Crippen LogP contribution in [0.3, 0.4) is 0 Å². The highest BCUT2D eigenvalue weighted by Crippen LogP contribution is 2.23. The van der Waals surface area contributed by atoms with Crippen LogP contribution in [0.2, 0.25) is 0 Å². The quantitative estimate of drug-likeness (QED) is 0.697. The SMILES string of the molecule is CCC(=O)NC(CCSC)C(=O)N1CCC(CCc2ccc(C)cc2)CC1. The van der Waals surface area contributed by atoms with Gasteiger partial charge < -0.3 is 10.2 Å². The van der Waals surface area contributed by atoms with E-state index in [-0.39, 0.29) is 17.9 Å². The number of aryl methyl sites for hydroxylation is 2. The van der Waals surface area contributed by atoms with Crippen LogP contribution in [-0.2, 0) is 16.0 Å². The molecule has 1 heterocycles. The van der Waals surface area contributed by atoms with E-state index in [1.165, 1.54) is 17.5 Å². The molecule has 4 nitrogen and oxygen atoms in total. The molecule has 0 saturated carbocycles. The van der Waals surface area contributed by atoms with Crippen LogP contribution in [0.4, 0.5) is 0 Å². The largest absolute Gasteiger partial charge is 0.344 e. The fourth-order valence-corrected chi connectivity index (χ4v) is 4.05. The molecule has 5 heteroatoms. The summed E-state index contributed by atoms with van der Waals surface area (Å²) in [6, 6.07) is 8.43. The fraction of sp³-hybridized carbons (Fsp3) is 0.636. The molecule has 1 aromatic carbocycles. The highest BCUT2D eigenvalue weighted by atomic mass is 32.2. The van der Waals surface area contributed by atoms with Gasteiger partial charge in [0.15, 0.2) is 0 Å². The maximum absolute atomic E-state index is 12.9. The Labute approximate surface area is 168 Å². The molecule has 0 radical (unpaired) electrons. The monoisotopic (exact) mass is 390 g/mol. The first-order valence-corrected chi connectivity index (χ1v) is 11.6. The van der Waals surface area contributed by atoms with Crippen molar-refractivity contribution in [3.8, 4) is 0 Å². The molecular formula is C22H34N2O2S. The molecule has 1 N–H and O–H groups in total. The molecule has 27 heavy (non-hydrogen) atoms. The van der Waals surface area contributed by atoms with Crippen molar-refractivity contribution in [2.24, 2.45) is 5.92 Å². The van der Waals surface area contributed by atoms with E-state index in [1.54, 1.807) is 11.8 Å². The lowest BCUT2D eigenvalue weighted by atomic mass is 9.90. The molecule has 2 amide bonds. The van der Waals surface area contributed by atoms with Gasteiger partial charge in [-0.25, -0.2) is 0 Å². The van der Waals surface area contributed by atoms with E-state index in [1.807, 2.05) is 18.1 Å². The number of thioether (sulfide) groups is 1. The summed E-state index contributed by atoms with van der Waals surface area (Å²) in [5.74, 6) is 1.63. The zero-order valence-corrected chi connectivity index (χ0v) is 17.8. The van der Waals surface area contributed by atoms with E-state index in [0.29, 0.717) is 18.8 Å². The zero-order valence-electron chi connectivity index (χ0n) is 17.0. The molecule has 1 fully saturated rings. The van der Waals surface area contributed by atoms with Gasteiger partial charge in [-0.2, -0.15) is 11.8 Å². The summed E-state index contributed by atoms with van der Waals surface area (Å²) in [4.78, 5) is 26.6. The number of piperidine rings is 1. The van der Waals surface area contributed by atoms with E-state index >= 15 is 0 Å². The summed E-state index contributed by atoms with van der Waals surface area (Å²) in [5.41, 5.74) is 2.70. The second-order valence-corrected chi connectivity index (χ2v) is 8.53. The molecule has 1 atom stereocenters. The Hall–Kier alpha value is -1.49. The summed E-state index contributed by atoms with van der Waals surface area (Å²) in [6.07, 6.45) is 7.59. The Morgan fingerprint density at radius 1 is 1.22 bits per heavy atom. The number of nitrogens with zero attached hydrogens (tertiary/aromatic N) is 1. The van der Waals surface area contributed by atoms with Crippen molar-refractivity contribution in [2.45, 2.75) is 58.4 Å². The predicted molar refractivity (Wildman–Crippen MR) is 114 cm³/mol. The fourth-order valence-electron chi connectivity index (χ4n) is 3.58. The Bertz CT molecular complexity index is 595. The number of rotatable bonds is 9. The minimum Gasteiger partial charge on any atom is -0.344 e. The lowest BCUT2D eigenvalue weighted by Gasteiger charge is -2.34. The molecule has 2 rings (SSSR count). The van der Waals surface area contributed by atoms with Crippen LogP contribution in [0, 0.1) is 12.8 Å². The lowest BCUT2D eigenvalue weighted by molar-refractivity contribution is -0.137. The first-order valence-electron chi connectivity index (χ1n) is 10.2. The van der Waals surface area contributed by atoms with Gasteiger partial charge in [0, 0.05) is 19.5 Å². The van der Waals surface area contributed by atoms with Gasteiger partial charge >= 0.3 is 0 Å². The first kappa shape index (κ1) is 21.8. The molecule has 1 aliphatic heterocycles. The summed E-state index contributed by atoms with van der Waals surface area (Å²) < 4.78 is 0. The summed E-state index contributed by atoms with van der Waals surface area (Å²) in [5, 5.41) is 2.92. The Kier molecular flexibility index (Phi) is 9.19. The van der Waals surface area contributed by atoms with Crippen LogP contribution in [-0.4, -0.2) is 47.9 Å². The molecule has 150 valence electrons. The van der Waals surface area contributed by atoms with Crippen molar-refractivity contribution in [1.29, 1.82) is 0 Å². The van der Waals surface area contributed by atoms with Gasteiger partial charge in [0.05, 0.1) is 0 Å². The number of hydrogen-bond donors (Lipinski definition) is 1. The molecule has 1 aliphatic rings. The molecule has 0 bridgehead atoms. The van der Waals surface area contributed by atoms with Crippen LogP contribution in [0.15, 0.2) is 24.3 Å². The first-order chi connectivity index (χ1) is 13.0. The van der Waals surface area contributed by atoms with Gasteiger partial charge in [-0.3, -0.25) is 9.59 Å². The molecule has 0 aromatic heterocycles. The molecule has 1 aromatic rings. The second-order valence-electron chi connectivity index (χ2n) is 7.55. The van der Waals surface area contributed by atoms with E-state index in [0.717, 1.165) is 38.1 Å². The normalized spacial score (nSPS) is 16.2. The van der Waals surface area contributed by atoms with E-state index < -0.39 is 0 Å². The highest BCUT2D eigenvalue weighted by molar-refractivity contribution is 7.98. The van der Waals surface area contributed by atoms with Crippen LogP contribution in [0.1, 0.15) is 50.2 Å². The standard InChI is InChI=1S/C22H34N2O2S/c1-4-21(25)23-20(13-16-27-3)22(26)24-14-11-19(12-15-24)10-9-18-7-5-17(2)6-8-18/h5-8,19-20H,4,9-16H2,1-3H3,(H,23,25). The maximum Gasteiger partial charge on any atom is 0.245 e. The van der Waals surface area contributed by atoms with E-state index in [9.17, 15) is 9.59 Å². The minimum absolute atomic E-state index is 0.0394. The third-order valence-corrected chi connectivity index (χ3v) is 6.10. The molecule has 0 spiro atoms. The topological polar surface area (TPSA) is 49.4 Å². The average molecular weight is 391 g/mol. The van der Waals surface area contributed by atoms with Crippen molar-refractivity contribution < 1.29 is 9.59 Å². The molecule has 1 saturated heterocycles. The Morgan fingerprint density at radius 2 is 1.89 bits per heavy atom. The Morgan fingerprint density at radius 3 is 2.48 bits per heavy atom.